The van der Waals surface area contributed by atoms with Crippen LogP contribution in [0.5, 0.6) is 0 Å². The van der Waals surface area contributed by atoms with Crippen molar-refractivity contribution in [3.05, 3.63) is 160 Å². The van der Waals surface area contributed by atoms with Crippen LogP contribution in [0.25, 0.3) is 32.8 Å². The molecule has 212 valence electrons. The van der Waals surface area contributed by atoms with Crippen LogP contribution in [0.3, 0.4) is 0 Å². The highest BCUT2D eigenvalue weighted by molar-refractivity contribution is 5.99. The van der Waals surface area contributed by atoms with Gasteiger partial charge in [0.05, 0.1) is 5.56 Å². The molecular formula is C37H29BrN2O3. The van der Waals surface area contributed by atoms with Crippen molar-refractivity contribution in [1.29, 1.82) is 0 Å². The van der Waals surface area contributed by atoms with Gasteiger partial charge in [0.15, 0.2) is 23.6 Å². The Bertz CT molecular complexity index is 2200. The topological polar surface area (TPSA) is 56.1 Å². The Hall–Kier alpha value is -4.81. The average Bonchev–Trinajstić information content (AvgIpc) is 3.33. The molecule has 43 heavy (non-hydrogen) atoms. The number of rotatable bonds is 6. The molecule has 0 aliphatic heterocycles. The van der Waals surface area contributed by atoms with Gasteiger partial charge in [-0.2, -0.15) is 0 Å². The molecule has 0 saturated heterocycles. The number of carbonyl (C=O) groups is 1. The summed E-state index contributed by atoms with van der Waals surface area (Å²) in [5.74, 6) is 0.0181. The number of benzene rings is 5. The normalized spacial score (nSPS) is 12.0. The molecule has 1 atom stereocenters. The Labute approximate surface area is 259 Å². The van der Waals surface area contributed by atoms with Crippen molar-refractivity contribution in [3.8, 4) is 0 Å². The van der Waals surface area contributed by atoms with Gasteiger partial charge in [-0.05, 0) is 66.1 Å². The third-order valence-corrected chi connectivity index (χ3v) is 8.18. The van der Waals surface area contributed by atoms with Crippen molar-refractivity contribution in [2.24, 2.45) is 0 Å². The number of ketones is 1. The second-order valence-corrected chi connectivity index (χ2v) is 10.9. The van der Waals surface area contributed by atoms with Crippen molar-refractivity contribution >= 4 is 38.6 Å². The number of imidazole rings is 1. The van der Waals surface area contributed by atoms with Crippen LogP contribution < -0.4 is 27.2 Å². The van der Waals surface area contributed by atoms with Gasteiger partial charge in [0.2, 0.25) is 12.1 Å². The zero-order valence-electron chi connectivity index (χ0n) is 23.8. The van der Waals surface area contributed by atoms with Gasteiger partial charge >= 0.3 is 5.63 Å². The van der Waals surface area contributed by atoms with Crippen LogP contribution in [-0.4, -0.2) is 10.4 Å². The quantitative estimate of drug-likeness (QED) is 0.157. The third kappa shape index (κ3) is 5.19. The molecule has 2 heterocycles. The minimum Gasteiger partial charge on any atom is -1.00 e. The van der Waals surface area contributed by atoms with Crippen LogP contribution in [-0.2, 0) is 6.54 Å². The van der Waals surface area contributed by atoms with Gasteiger partial charge in [-0.25, -0.2) is 13.9 Å². The number of nitrogens with zero attached hydrogens (tertiary/aromatic N) is 2. The second kappa shape index (κ2) is 11.5. The molecule has 0 spiro atoms. The lowest BCUT2D eigenvalue weighted by molar-refractivity contribution is -0.658. The predicted molar refractivity (Wildman–Crippen MR) is 166 cm³/mol. The van der Waals surface area contributed by atoms with E-state index in [4.69, 9.17) is 4.42 Å². The van der Waals surface area contributed by atoms with Gasteiger partial charge in [-0.1, -0.05) is 84.9 Å². The molecule has 0 radical (unpaired) electrons. The molecule has 7 rings (SSSR count). The first kappa shape index (κ1) is 28.3. The highest BCUT2D eigenvalue weighted by Gasteiger charge is 2.30. The summed E-state index contributed by atoms with van der Waals surface area (Å²) in [4.78, 5) is 27.2. The molecule has 0 bridgehead atoms. The van der Waals surface area contributed by atoms with Gasteiger partial charge in [0.25, 0.3) is 0 Å². The maximum atomic E-state index is 13.7. The van der Waals surface area contributed by atoms with E-state index in [9.17, 15) is 9.59 Å². The Morgan fingerprint density at radius 2 is 1.44 bits per heavy atom. The smallest absolute Gasteiger partial charge is 0.344 e. The fraction of sp³-hybridized carbons (Fsp3) is 0.108. The maximum Gasteiger partial charge on any atom is 0.344 e. The number of fused-ring (bicyclic) bond motifs is 3. The van der Waals surface area contributed by atoms with E-state index in [-0.39, 0.29) is 34.9 Å². The third-order valence-electron chi connectivity index (χ3n) is 8.18. The number of carbonyl (C=O) groups excluding carboxylic acids is 1. The molecule has 0 amide bonds. The largest absolute Gasteiger partial charge is 1.00 e. The van der Waals surface area contributed by atoms with Gasteiger partial charge in [0, 0.05) is 16.5 Å². The number of para-hydroxylation sites is 1. The summed E-state index contributed by atoms with van der Waals surface area (Å²) in [6.07, 6.45) is 1.97. The Morgan fingerprint density at radius 1 is 0.767 bits per heavy atom. The first-order valence-corrected chi connectivity index (χ1v) is 14.1. The summed E-state index contributed by atoms with van der Waals surface area (Å²) in [7, 11) is 0. The van der Waals surface area contributed by atoms with Crippen molar-refractivity contribution in [1.82, 2.24) is 4.57 Å². The molecular weight excluding hydrogens is 600 g/mol. The Kier molecular flexibility index (Phi) is 7.55. The summed E-state index contributed by atoms with van der Waals surface area (Å²) >= 11 is 0. The summed E-state index contributed by atoms with van der Waals surface area (Å²) < 4.78 is 9.91. The minimum absolute atomic E-state index is 0. The maximum absolute atomic E-state index is 13.7. The minimum atomic E-state index is -0.464. The van der Waals surface area contributed by atoms with E-state index in [1.165, 1.54) is 0 Å². The fourth-order valence-electron chi connectivity index (χ4n) is 5.83. The molecule has 6 heteroatoms. The highest BCUT2D eigenvalue weighted by Crippen LogP contribution is 2.31. The molecule has 5 nitrogen and oxygen atoms in total. The van der Waals surface area contributed by atoms with E-state index in [0.29, 0.717) is 16.7 Å². The fourth-order valence-corrected chi connectivity index (χ4v) is 5.83. The second-order valence-electron chi connectivity index (χ2n) is 10.9. The van der Waals surface area contributed by atoms with E-state index in [0.717, 1.165) is 43.9 Å². The van der Waals surface area contributed by atoms with Crippen LogP contribution in [0.2, 0.25) is 0 Å². The SMILES string of the molecule is Cc1cc2c(cc1C)[n+](CC(=O)c1ccc3ccccc3c1)cn2C(c1ccccc1)c1cc2ccccc2oc1=O.[Br-]. The first-order chi connectivity index (χ1) is 20.5. The van der Waals surface area contributed by atoms with Crippen LogP contribution in [0.1, 0.15) is 38.7 Å². The molecule has 2 aromatic heterocycles. The van der Waals surface area contributed by atoms with E-state index in [2.05, 4.69) is 30.5 Å². The van der Waals surface area contributed by atoms with Gasteiger partial charge in [-0.3, -0.25) is 4.79 Å². The monoisotopic (exact) mass is 628 g/mol. The lowest BCUT2D eigenvalue weighted by Crippen LogP contribution is -3.00. The van der Waals surface area contributed by atoms with E-state index < -0.39 is 6.04 Å². The van der Waals surface area contributed by atoms with Gasteiger partial charge in [0.1, 0.15) is 5.58 Å². The van der Waals surface area contributed by atoms with Crippen LogP contribution >= 0.6 is 0 Å². The Morgan fingerprint density at radius 3 is 2.23 bits per heavy atom. The summed E-state index contributed by atoms with van der Waals surface area (Å²) in [6.45, 7) is 4.32. The number of hydrogen-bond acceptors (Lipinski definition) is 3. The van der Waals surface area contributed by atoms with Gasteiger partial charge in [-0.15, -0.1) is 0 Å². The van der Waals surface area contributed by atoms with Crippen molar-refractivity contribution in [3.63, 3.8) is 0 Å². The molecule has 0 fully saturated rings. The van der Waals surface area contributed by atoms with Crippen LogP contribution in [0, 0.1) is 13.8 Å². The molecule has 0 saturated carbocycles. The van der Waals surface area contributed by atoms with Crippen molar-refractivity contribution < 1.29 is 30.8 Å². The van der Waals surface area contributed by atoms with Gasteiger partial charge < -0.3 is 21.4 Å². The van der Waals surface area contributed by atoms with E-state index in [1.807, 2.05) is 114 Å². The average molecular weight is 630 g/mol. The Balaban J connectivity index is 0.00000329. The first-order valence-electron chi connectivity index (χ1n) is 14.1. The van der Waals surface area contributed by atoms with Crippen molar-refractivity contribution in [2.45, 2.75) is 26.4 Å². The molecule has 5 aromatic carbocycles. The summed E-state index contributed by atoms with van der Waals surface area (Å²) in [5.41, 5.74) is 6.45. The molecule has 0 N–H and O–H groups in total. The molecule has 0 aliphatic carbocycles. The number of Topliss-reactive ketones (excluding diaryl/α,β-unsaturated/α-hetero) is 1. The standard InChI is InChI=1S/C37H29N2O3.BrH/c1-24-18-32-33(19-25(24)2)39(23-38(32)22-34(40)29-17-16-26-10-6-7-13-28(26)20-29)36(27-11-4-3-5-12-27)31-21-30-14-8-9-15-35(30)42-37(31)41;/h3-21,23,36H,22H2,1-2H3;1H/q+1;/p-1. The van der Waals surface area contributed by atoms with E-state index in [1.54, 1.807) is 0 Å². The van der Waals surface area contributed by atoms with E-state index >= 15 is 0 Å². The zero-order valence-corrected chi connectivity index (χ0v) is 25.4. The molecule has 0 aliphatic rings. The number of aryl methyl sites for hydroxylation is 2. The predicted octanol–water partition coefficient (Wildman–Crippen LogP) is 4.33. The number of aromatic nitrogens is 2. The number of hydrogen-bond donors (Lipinski definition) is 0. The number of halogens is 1. The molecule has 1 unspecified atom stereocenters. The highest BCUT2D eigenvalue weighted by atomic mass is 79.9. The zero-order chi connectivity index (χ0) is 28.8. The molecule has 7 aromatic rings. The lowest BCUT2D eigenvalue weighted by atomic mass is 9.98. The lowest BCUT2D eigenvalue weighted by Gasteiger charge is -2.15. The van der Waals surface area contributed by atoms with Crippen molar-refractivity contribution in [2.75, 3.05) is 0 Å². The van der Waals surface area contributed by atoms with Crippen LogP contribution in [0.4, 0.5) is 0 Å². The van der Waals surface area contributed by atoms with Crippen LogP contribution in [0.15, 0.2) is 131 Å². The summed E-state index contributed by atoms with van der Waals surface area (Å²) in [6, 6.07) is 37.2. The summed E-state index contributed by atoms with van der Waals surface area (Å²) in [5, 5.41) is 3.00.